The van der Waals surface area contributed by atoms with Crippen LogP contribution < -0.4 is 0 Å². The zero-order valence-electron chi connectivity index (χ0n) is 28.5. The fourth-order valence-corrected chi connectivity index (χ4v) is 14.1. The third-order valence-corrected chi connectivity index (χ3v) is 15.8. The van der Waals surface area contributed by atoms with Crippen molar-refractivity contribution in [3.8, 4) is 0 Å². The number of nitrogens with zero attached hydrogens (tertiary/aromatic N) is 1. The maximum absolute atomic E-state index is 12.5. The average molecular weight is 588 g/mol. The van der Waals surface area contributed by atoms with Gasteiger partial charge in [0, 0.05) is 18.4 Å². The molecule has 240 valence electrons. The zero-order valence-corrected chi connectivity index (χ0v) is 28.5. The van der Waals surface area contributed by atoms with Gasteiger partial charge in [-0.2, -0.15) is 0 Å². The van der Waals surface area contributed by atoms with Crippen LogP contribution in [0.25, 0.3) is 0 Å². The molecule has 2 spiro atoms. The minimum absolute atomic E-state index is 0.0193. The Morgan fingerprint density at radius 1 is 1.05 bits per heavy atom. The Kier molecular flexibility index (Phi) is 7.02. The van der Waals surface area contributed by atoms with Crippen LogP contribution in [0.3, 0.4) is 0 Å². The summed E-state index contributed by atoms with van der Waals surface area (Å²) in [6.45, 7) is 23.1. The van der Waals surface area contributed by atoms with Crippen LogP contribution in [0.5, 0.6) is 0 Å². The molecule has 6 heteroatoms. The smallest absolute Gasteiger partial charge is 0.303 e. The van der Waals surface area contributed by atoms with Crippen molar-refractivity contribution in [3.63, 3.8) is 0 Å². The lowest BCUT2D eigenvalue weighted by Gasteiger charge is -2.64. The normalized spacial score (nSPS) is 53.2. The van der Waals surface area contributed by atoms with E-state index in [0.29, 0.717) is 34.6 Å². The van der Waals surface area contributed by atoms with Gasteiger partial charge >= 0.3 is 5.97 Å². The second kappa shape index (κ2) is 9.42. The molecule has 1 saturated heterocycles. The number of hydrogen-bond acceptors (Lipinski definition) is 6. The van der Waals surface area contributed by atoms with Crippen LogP contribution >= 0.6 is 0 Å². The molecule has 14 unspecified atom stereocenters. The minimum Gasteiger partial charge on any atom is -0.457 e. The first-order chi connectivity index (χ1) is 19.4. The van der Waals surface area contributed by atoms with E-state index >= 15 is 0 Å². The molecule has 0 aromatic rings. The summed E-state index contributed by atoms with van der Waals surface area (Å²) >= 11 is 0. The second-order valence-electron chi connectivity index (χ2n) is 17.6. The van der Waals surface area contributed by atoms with Crippen LogP contribution in [0, 0.1) is 56.7 Å². The molecule has 0 radical (unpaired) electrons. The first-order valence-electron chi connectivity index (χ1n) is 17.3. The summed E-state index contributed by atoms with van der Waals surface area (Å²) in [6.07, 6.45) is 6.13. The fourth-order valence-electron chi connectivity index (χ4n) is 14.1. The van der Waals surface area contributed by atoms with Crippen LogP contribution in [-0.2, 0) is 14.3 Å². The third kappa shape index (κ3) is 3.56. The van der Waals surface area contributed by atoms with Crippen molar-refractivity contribution in [3.05, 3.63) is 0 Å². The summed E-state index contributed by atoms with van der Waals surface area (Å²) in [5, 5.41) is 23.5. The summed E-state index contributed by atoms with van der Waals surface area (Å²) in [7, 11) is 2.32. The number of carbonyl (C=O) groups excluding carboxylic acids is 1. The van der Waals surface area contributed by atoms with E-state index in [2.05, 4.69) is 60.4 Å². The van der Waals surface area contributed by atoms with Crippen LogP contribution in [0.4, 0.5) is 0 Å². The Morgan fingerprint density at radius 2 is 1.67 bits per heavy atom. The summed E-state index contributed by atoms with van der Waals surface area (Å²) in [6, 6.07) is 0.635. The Bertz CT molecular complexity index is 1100. The van der Waals surface area contributed by atoms with Crippen LogP contribution in [0.2, 0.25) is 0 Å². The molecule has 6 nitrogen and oxygen atoms in total. The zero-order chi connectivity index (χ0) is 31.0. The number of fused-ring (bicyclic) bond motifs is 4. The quantitative estimate of drug-likeness (QED) is 0.380. The fraction of sp³-hybridized carbons (Fsp3) is 0.972. The second-order valence-corrected chi connectivity index (χ2v) is 17.6. The van der Waals surface area contributed by atoms with E-state index in [1.807, 2.05) is 0 Å². The SMILES string of the molecule is CCN(C)C1CCC23C(CCC4C5(C)C(O)C6OC(C(OC(C)=O)C(C)(C)O)CC(C)C6C5(C)CCC42C3C)C1(C)C. The van der Waals surface area contributed by atoms with Crippen molar-refractivity contribution >= 4 is 5.97 Å². The Hall–Kier alpha value is -0.690. The number of esters is 1. The molecule has 2 N–H and O–H groups in total. The van der Waals surface area contributed by atoms with Crippen molar-refractivity contribution in [2.24, 2.45) is 56.7 Å². The number of hydrogen-bond donors (Lipinski definition) is 2. The van der Waals surface area contributed by atoms with E-state index in [1.54, 1.807) is 13.8 Å². The lowest BCUT2D eigenvalue weighted by molar-refractivity contribution is -0.216. The highest BCUT2D eigenvalue weighted by Crippen LogP contribution is 2.91. The number of aliphatic hydroxyl groups is 2. The Balaban J connectivity index is 1.35. The summed E-state index contributed by atoms with van der Waals surface area (Å²) < 4.78 is 12.5. The Morgan fingerprint density at radius 3 is 2.26 bits per heavy atom. The van der Waals surface area contributed by atoms with Gasteiger partial charge in [0.05, 0.1) is 23.9 Å². The van der Waals surface area contributed by atoms with E-state index in [9.17, 15) is 15.0 Å². The third-order valence-electron chi connectivity index (χ3n) is 15.8. The summed E-state index contributed by atoms with van der Waals surface area (Å²) in [5.41, 5.74) is -0.514. The molecule has 0 bridgehead atoms. The molecule has 6 rings (SSSR count). The highest BCUT2D eigenvalue weighted by Gasteiger charge is 2.87. The predicted octanol–water partition coefficient (Wildman–Crippen LogP) is 6.07. The van der Waals surface area contributed by atoms with Gasteiger partial charge in [-0.25, -0.2) is 0 Å². The van der Waals surface area contributed by atoms with Gasteiger partial charge < -0.3 is 24.6 Å². The topological polar surface area (TPSA) is 79.2 Å². The molecular formula is C36H61NO5. The molecule has 1 aliphatic heterocycles. The van der Waals surface area contributed by atoms with Crippen molar-refractivity contribution in [1.82, 2.24) is 4.90 Å². The van der Waals surface area contributed by atoms with Gasteiger partial charge in [-0.1, -0.05) is 48.5 Å². The number of ether oxygens (including phenoxy) is 2. The van der Waals surface area contributed by atoms with Gasteiger partial charge in [0.2, 0.25) is 0 Å². The molecule has 0 aromatic carbocycles. The van der Waals surface area contributed by atoms with E-state index < -0.39 is 29.9 Å². The first-order valence-corrected chi connectivity index (χ1v) is 17.3. The van der Waals surface area contributed by atoms with Crippen LogP contribution in [-0.4, -0.2) is 70.7 Å². The lowest BCUT2D eigenvalue weighted by Crippen LogP contribution is -2.61. The van der Waals surface area contributed by atoms with Crippen molar-refractivity contribution in [2.75, 3.05) is 13.6 Å². The molecule has 6 aliphatic rings. The maximum atomic E-state index is 12.5. The molecular weight excluding hydrogens is 526 g/mol. The van der Waals surface area contributed by atoms with Gasteiger partial charge in [-0.05, 0) is 124 Å². The number of rotatable bonds is 5. The highest BCUT2D eigenvalue weighted by atomic mass is 16.6. The van der Waals surface area contributed by atoms with Gasteiger partial charge in [0.15, 0.2) is 6.10 Å². The summed E-state index contributed by atoms with van der Waals surface area (Å²) in [4.78, 5) is 14.7. The van der Waals surface area contributed by atoms with E-state index in [1.165, 1.54) is 39.0 Å². The molecule has 42 heavy (non-hydrogen) atoms. The van der Waals surface area contributed by atoms with Gasteiger partial charge in [-0.3, -0.25) is 4.79 Å². The van der Waals surface area contributed by atoms with Crippen molar-refractivity contribution < 1.29 is 24.5 Å². The van der Waals surface area contributed by atoms with E-state index in [-0.39, 0.29) is 28.3 Å². The molecule has 14 atom stereocenters. The van der Waals surface area contributed by atoms with Crippen LogP contribution in [0.1, 0.15) is 114 Å². The largest absolute Gasteiger partial charge is 0.457 e. The molecule has 0 amide bonds. The maximum Gasteiger partial charge on any atom is 0.303 e. The van der Waals surface area contributed by atoms with Gasteiger partial charge in [0.1, 0.15) is 0 Å². The van der Waals surface area contributed by atoms with Crippen molar-refractivity contribution in [1.29, 1.82) is 0 Å². The molecule has 6 fully saturated rings. The average Bonchev–Trinajstić information content (AvgIpc) is 3.36. The molecule has 0 aromatic heterocycles. The minimum atomic E-state index is -1.23. The lowest BCUT2D eigenvalue weighted by atomic mass is 9.41. The van der Waals surface area contributed by atoms with Gasteiger partial charge in [0.25, 0.3) is 0 Å². The standard InChI is InChI=1S/C36H61NO5/c1-12-37(11)26-15-16-35-21(3)36(35)18-17-33(9)27-20(2)19-23(30(32(7,8)40)41-22(4)38)42-28(27)29(39)34(33,10)25(36)14-13-24(35)31(26,5)6/h20-21,23-30,39-40H,12-19H2,1-11H3. The molecule has 1 heterocycles. The summed E-state index contributed by atoms with van der Waals surface area (Å²) in [5.74, 6) is 2.05. The van der Waals surface area contributed by atoms with Gasteiger partial charge in [-0.15, -0.1) is 0 Å². The van der Waals surface area contributed by atoms with E-state index in [0.717, 1.165) is 25.3 Å². The predicted molar refractivity (Wildman–Crippen MR) is 165 cm³/mol. The monoisotopic (exact) mass is 587 g/mol. The molecule has 5 saturated carbocycles. The van der Waals surface area contributed by atoms with E-state index in [4.69, 9.17) is 9.47 Å². The Labute approximate surface area is 255 Å². The van der Waals surface area contributed by atoms with Crippen LogP contribution in [0.15, 0.2) is 0 Å². The number of carbonyl (C=O) groups is 1. The first kappa shape index (κ1) is 31.3. The van der Waals surface area contributed by atoms with Crippen molar-refractivity contribution in [2.45, 2.75) is 150 Å². The molecule has 5 aliphatic carbocycles. The highest BCUT2D eigenvalue weighted by molar-refractivity contribution is 5.66. The number of aliphatic hydroxyl groups excluding tert-OH is 1.